The van der Waals surface area contributed by atoms with E-state index < -0.39 is 0 Å². The molecule has 0 spiro atoms. The van der Waals surface area contributed by atoms with E-state index in [-0.39, 0.29) is 0 Å². The van der Waals surface area contributed by atoms with Gasteiger partial charge in [-0.15, -0.1) is 0 Å². The van der Waals surface area contributed by atoms with Gasteiger partial charge in [0.2, 0.25) is 0 Å². The van der Waals surface area contributed by atoms with Gasteiger partial charge in [-0.05, 0) is 54.2 Å². The lowest BCUT2D eigenvalue weighted by atomic mass is 9.93. The molecular weight excluding hydrogens is 331 g/mol. The molecule has 1 aliphatic carbocycles. The standard InChI is InChI=1S/C21H23OPS/c1-15-7-10-20(18(11-15)14-24)23-21-13-17(8-9-19(21)22)12-16-5-3-2-4-6-16/h2-5,7-11,13,16,22-24H,6,12,14H2,1H3. The van der Waals surface area contributed by atoms with Crippen LogP contribution in [0.5, 0.6) is 5.75 Å². The summed E-state index contributed by atoms with van der Waals surface area (Å²) in [5, 5.41) is 12.6. The molecule has 124 valence electrons. The number of phenolic OH excluding ortho intramolecular Hbond substituents is 1. The third kappa shape index (κ3) is 4.32. The summed E-state index contributed by atoms with van der Waals surface area (Å²) in [5.74, 6) is 1.67. The molecule has 0 fully saturated rings. The van der Waals surface area contributed by atoms with Crippen molar-refractivity contribution in [2.45, 2.75) is 25.5 Å². The molecule has 0 radical (unpaired) electrons. The van der Waals surface area contributed by atoms with Gasteiger partial charge in [0.1, 0.15) is 5.75 Å². The Labute approximate surface area is 151 Å². The smallest absolute Gasteiger partial charge is 0.123 e. The van der Waals surface area contributed by atoms with E-state index in [4.69, 9.17) is 0 Å². The molecular formula is C21H23OPS. The van der Waals surface area contributed by atoms with Gasteiger partial charge in [0.05, 0.1) is 0 Å². The predicted molar refractivity (Wildman–Crippen MR) is 110 cm³/mol. The fraction of sp³-hybridized carbons (Fsp3) is 0.238. The fourth-order valence-electron chi connectivity index (χ4n) is 3.02. The lowest BCUT2D eigenvalue weighted by Crippen LogP contribution is -2.11. The van der Waals surface area contributed by atoms with E-state index in [9.17, 15) is 5.11 Å². The van der Waals surface area contributed by atoms with Crippen molar-refractivity contribution in [3.63, 3.8) is 0 Å². The summed E-state index contributed by atoms with van der Waals surface area (Å²) < 4.78 is 0. The Balaban J connectivity index is 1.81. The van der Waals surface area contributed by atoms with Crippen LogP contribution in [0.25, 0.3) is 0 Å². The number of hydrogen-bond acceptors (Lipinski definition) is 2. The lowest BCUT2D eigenvalue weighted by Gasteiger charge is -2.15. The summed E-state index contributed by atoms with van der Waals surface area (Å²) in [6.45, 7) is 2.10. The third-order valence-corrected chi connectivity index (χ3v) is 6.10. The zero-order valence-electron chi connectivity index (χ0n) is 13.9. The maximum absolute atomic E-state index is 10.3. The zero-order chi connectivity index (χ0) is 16.9. The normalized spacial score (nSPS) is 17.0. The van der Waals surface area contributed by atoms with Crippen molar-refractivity contribution in [3.8, 4) is 5.75 Å². The van der Waals surface area contributed by atoms with Crippen LogP contribution in [0, 0.1) is 12.8 Å². The van der Waals surface area contributed by atoms with E-state index in [2.05, 4.69) is 68.1 Å². The van der Waals surface area contributed by atoms with Gasteiger partial charge in [-0.25, -0.2) is 0 Å². The number of allylic oxidation sites excluding steroid dienone is 4. The Kier molecular flexibility index (Phi) is 5.81. The minimum absolute atomic E-state index is 0.391. The largest absolute Gasteiger partial charge is 0.507 e. The van der Waals surface area contributed by atoms with Crippen LogP contribution in [-0.2, 0) is 12.2 Å². The van der Waals surface area contributed by atoms with Gasteiger partial charge in [-0.1, -0.05) is 62.7 Å². The zero-order valence-corrected chi connectivity index (χ0v) is 15.8. The minimum Gasteiger partial charge on any atom is -0.507 e. The molecule has 1 N–H and O–H groups in total. The first-order valence-electron chi connectivity index (χ1n) is 8.28. The quantitative estimate of drug-likeness (QED) is 0.601. The number of thiol groups is 1. The van der Waals surface area contributed by atoms with Crippen molar-refractivity contribution in [2.24, 2.45) is 5.92 Å². The summed E-state index contributed by atoms with van der Waals surface area (Å²) in [4.78, 5) is 0. The second-order valence-corrected chi connectivity index (χ2v) is 7.95. The Morgan fingerprint density at radius 3 is 2.75 bits per heavy atom. The van der Waals surface area contributed by atoms with E-state index >= 15 is 0 Å². The molecule has 2 unspecified atom stereocenters. The summed E-state index contributed by atoms with van der Waals surface area (Å²) in [6.07, 6.45) is 10.8. The maximum Gasteiger partial charge on any atom is 0.123 e. The first-order chi connectivity index (χ1) is 11.7. The van der Waals surface area contributed by atoms with E-state index in [0.29, 0.717) is 20.2 Å². The van der Waals surface area contributed by atoms with Crippen LogP contribution in [-0.4, -0.2) is 5.11 Å². The molecule has 3 rings (SSSR count). The topological polar surface area (TPSA) is 20.2 Å². The third-order valence-electron chi connectivity index (χ3n) is 4.33. The highest BCUT2D eigenvalue weighted by Gasteiger charge is 2.11. The van der Waals surface area contributed by atoms with Crippen LogP contribution in [0.15, 0.2) is 60.7 Å². The number of hydrogen-bond donors (Lipinski definition) is 2. The van der Waals surface area contributed by atoms with Crippen LogP contribution < -0.4 is 10.6 Å². The molecule has 0 aromatic heterocycles. The number of benzene rings is 2. The molecule has 2 aromatic rings. The number of aromatic hydroxyl groups is 1. The molecule has 0 bridgehead atoms. The first kappa shape index (κ1) is 17.3. The lowest BCUT2D eigenvalue weighted by molar-refractivity contribution is 0.479. The van der Waals surface area contributed by atoms with Crippen molar-refractivity contribution >= 4 is 31.8 Å². The summed E-state index contributed by atoms with van der Waals surface area (Å²) in [7, 11) is 0.455. The summed E-state index contributed by atoms with van der Waals surface area (Å²) >= 11 is 4.46. The Hall–Kier alpha value is -1.50. The second kappa shape index (κ2) is 8.05. The number of aryl methyl sites for hydroxylation is 1. The molecule has 0 heterocycles. The highest BCUT2D eigenvalue weighted by Crippen LogP contribution is 2.24. The van der Waals surface area contributed by atoms with E-state index in [1.807, 2.05) is 12.1 Å². The minimum atomic E-state index is 0.391. The van der Waals surface area contributed by atoms with Crippen LogP contribution in [0.1, 0.15) is 23.1 Å². The van der Waals surface area contributed by atoms with Gasteiger partial charge in [0.25, 0.3) is 0 Å². The second-order valence-electron chi connectivity index (χ2n) is 6.31. The molecule has 2 atom stereocenters. The molecule has 0 saturated carbocycles. The molecule has 2 aromatic carbocycles. The molecule has 1 nitrogen and oxygen atoms in total. The summed E-state index contributed by atoms with van der Waals surface area (Å²) in [6, 6.07) is 12.5. The van der Waals surface area contributed by atoms with Gasteiger partial charge in [-0.3, -0.25) is 0 Å². The molecule has 0 amide bonds. The Bertz CT molecular complexity index is 779. The van der Waals surface area contributed by atoms with Gasteiger partial charge >= 0.3 is 0 Å². The molecule has 0 aliphatic heterocycles. The van der Waals surface area contributed by atoms with Crippen molar-refractivity contribution in [1.82, 2.24) is 0 Å². The fourth-order valence-corrected chi connectivity index (χ4v) is 4.67. The van der Waals surface area contributed by atoms with E-state index in [1.165, 1.54) is 22.0 Å². The first-order valence-corrected chi connectivity index (χ1v) is 9.91. The van der Waals surface area contributed by atoms with Gasteiger partial charge in [0, 0.05) is 11.1 Å². The summed E-state index contributed by atoms with van der Waals surface area (Å²) in [5.41, 5.74) is 3.80. The van der Waals surface area contributed by atoms with Crippen molar-refractivity contribution in [2.75, 3.05) is 0 Å². The number of rotatable bonds is 5. The van der Waals surface area contributed by atoms with Gasteiger partial charge < -0.3 is 5.11 Å². The van der Waals surface area contributed by atoms with Crippen LogP contribution >= 0.6 is 21.2 Å². The van der Waals surface area contributed by atoms with Gasteiger partial charge in [0.15, 0.2) is 0 Å². The average Bonchev–Trinajstić information content (AvgIpc) is 2.60. The molecule has 0 saturated heterocycles. The van der Waals surface area contributed by atoms with E-state index in [1.54, 1.807) is 0 Å². The molecule has 1 aliphatic rings. The number of phenols is 1. The van der Waals surface area contributed by atoms with Crippen molar-refractivity contribution in [3.05, 3.63) is 77.4 Å². The Morgan fingerprint density at radius 1 is 1.12 bits per heavy atom. The predicted octanol–water partition coefficient (Wildman–Crippen LogP) is 4.43. The highest BCUT2D eigenvalue weighted by molar-refractivity contribution is 7.79. The molecule has 3 heteroatoms. The van der Waals surface area contributed by atoms with Crippen LogP contribution in [0.3, 0.4) is 0 Å². The molecule has 24 heavy (non-hydrogen) atoms. The maximum atomic E-state index is 10.3. The van der Waals surface area contributed by atoms with Crippen LogP contribution in [0.2, 0.25) is 0 Å². The SMILES string of the molecule is Cc1ccc(Pc2cc(CC3C=CC=CC3)ccc2O)c(CS)c1. The van der Waals surface area contributed by atoms with Crippen molar-refractivity contribution < 1.29 is 5.11 Å². The van der Waals surface area contributed by atoms with Crippen molar-refractivity contribution in [1.29, 1.82) is 0 Å². The highest BCUT2D eigenvalue weighted by atomic mass is 32.1. The van der Waals surface area contributed by atoms with E-state index in [0.717, 1.165) is 23.9 Å². The average molecular weight is 354 g/mol. The van der Waals surface area contributed by atoms with Gasteiger partial charge in [-0.2, -0.15) is 12.6 Å². The Morgan fingerprint density at radius 2 is 2.00 bits per heavy atom. The van der Waals surface area contributed by atoms with Crippen LogP contribution in [0.4, 0.5) is 0 Å². The monoisotopic (exact) mass is 354 g/mol.